The highest BCUT2D eigenvalue weighted by molar-refractivity contribution is 7.81. The van der Waals surface area contributed by atoms with Gasteiger partial charge >= 0.3 is 16.6 Å². The second-order valence-corrected chi connectivity index (χ2v) is 4.55. The maximum Gasteiger partial charge on any atom is 0.508 e. The third-order valence-corrected chi connectivity index (χ3v) is 2.65. The molecule has 0 saturated heterocycles. The van der Waals surface area contributed by atoms with Crippen LogP contribution in [0.1, 0.15) is 12.5 Å². The molecule has 8 heteroatoms. The Kier molecular flexibility index (Phi) is 4.82. The molecular formula is C11H9F4NO2S. The second kappa shape index (κ2) is 5.96. The molecule has 1 heterocycles. The Morgan fingerprint density at radius 1 is 1.47 bits per heavy atom. The van der Waals surface area contributed by atoms with Gasteiger partial charge in [-0.3, -0.25) is 4.98 Å². The van der Waals surface area contributed by atoms with Crippen LogP contribution in [0.4, 0.5) is 17.6 Å². The number of alkyl halides is 3. The number of hydrogen-bond acceptors (Lipinski definition) is 3. The zero-order valence-corrected chi connectivity index (χ0v) is 10.5. The molecule has 3 nitrogen and oxygen atoms in total. The molecule has 1 aromatic rings. The van der Waals surface area contributed by atoms with E-state index in [2.05, 4.69) is 15.7 Å². The van der Waals surface area contributed by atoms with Crippen LogP contribution in [0.5, 0.6) is 0 Å². The van der Waals surface area contributed by atoms with Gasteiger partial charge in [0.1, 0.15) is 11.6 Å². The minimum absolute atomic E-state index is 0.350. The van der Waals surface area contributed by atoms with Crippen LogP contribution in [0.2, 0.25) is 0 Å². The smallest absolute Gasteiger partial charge is 0.395 e. The van der Waals surface area contributed by atoms with Crippen LogP contribution in [-0.2, 0) is 15.3 Å². The first-order chi connectivity index (χ1) is 8.70. The summed E-state index contributed by atoms with van der Waals surface area (Å²) >= 11 is -3.48. The van der Waals surface area contributed by atoms with E-state index in [1.54, 1.807) is 0 Å². The zero-order chi connectivity index (χ0) is 14.6. The lowest BCUT2D eigenvalue weighted by Crippen LogP contribution is -2.17. The number of allylic oxidation sites excluding steroid dienone is 2. The van der Waals surface area contributed by atoms with Gasteiger partial charge in [0.25, 0.3) is 0 Å². The lowest BCUT2D eigenvalue weighted by molar-refractivity contribution is -0.0453. The third-order valence-electron chi connectivity index (χ3n) is 1.91. The quantitative estimate of drug-likeness (QED) is 0.486. The number of hydrogen-bond donors (Lipinski definition) is 0. The van der Waals surface area contributed by atoms with Gasteiger partial charge in [0, 0.05) is 6.20 Å². The van der Waals surface area contributed by atoms with Crippen LogP contribution >= 0.6 is 0 Å². The molecule has 0 amide bonds. The molecule has 1 unspecified atom stereocenters. The summed E-state index contributed by atoms with van der Waals surface area (Å²) in [4.78, 5) is 3.59. The first-order valence-corrected chi connectivity index (χ1v) is 5.92. The van der Waals surface area contributed by atoms with Gasteiger partial charge in [-0.1, -0.05) is 6.58 Å². The normalized spacial score (nSPS) is 14.1. The maximum atomic E-state index is 12.9. The Morgan fingerprint density at radius 3 is 2.63 bits per heavy atom. The van der Waals surface area contributed by atoms with Crippen molar-refractivity contribution in [3.63, 3.8) is 0 Å². The fourth-order valence-electron chi connectivity index (χ4n) is 1.12. The predicted molar refractivity (Wildman–Crippen MR) is 62.3 cm³/mol. The predicted octanol–water partition coefficient (Wildman–Crippen LogP) is 3.34. The number of halogens is 4. The van der Waals surface area contributed by atoms with Crippen LogP contribution in [0.15, 0.2) is 36.9 Å². The van der Waals surface area contributed by atoms with Crippen molar-refractivity contribution in [1.82, 2.24) is 4.98 Å². The lowest BCUT2D eigenvalue weighted by Gasteiger charge is -2.08. The SMILES string of the molecule is C=C(/C=C(\C)c1cncc(F)c1)OS(=O)C(F)(F)F. The molecule has 0 aliphatic heterocycles. The summed E-state index contributed by atoms with van der Waals surface area (Å²) < 4.78 is 63.6. The molecular weight excluding hydrogens is 286 g/mol. The Balaban J connectivity index is 2.80. The average Bonchev–Trinajstić information content (AvgIpc) is 2.27. The van der Waals surface area contributed by atoms with Crippen molar-refractivity contribution in [3.8, 4) is 0 Å². The molecule has 0 aromatic carbocycles. The zero-order valence-electron chi connectivity index (χ0n) is 9.70. The monoisotopic (exact) mass is 295 g/mol. The van der Waals surface area contributed by atoms with Gasteiger partial charge in [-0.15, -0.1) is 0 Å². The molecule has 0 spiro atoms. The summed E-state index contributed by atoms with van der Waals surface area (Å²) in [6, 6.07) is 1.15. The Labute approximate surface area is 109 Å². The fourth-order valence-corrected chi connectivity index (χ4v) is 1.46. The van der Waals surface area contributed by atoms with Gasteiger partial charge in [0.2, 0.25) is 0 Å². The molecule has 0 aliphatic carbocycles. The molecule has 0 aliphatic rings. The second-order valence-electron chi connectivity index (χ2n) is 3.45. The number of rotatable bonds is 4. The van der Waals surface area contributed by atoms with E-state index in [0.717, 1.165) is 18.3 Å². The standard InChI is InChI=1S/C11H9F4NO2S/c1-7(9-4-10(12)6-16-5-9)3-8(2)18-19(17)11(13,14)15/h3-6H,2H2,1H3/b7-3+. The van der Waals surface area contributed by atoms with Gasteiger partial charge in [-0.05, 0) is 30.2 Å². The molecule has 0 fully saturated rings. The highest BCUT2D eigenvalue weighted by Crippen LogP contribution is 2.24. The van der Waals surface area contributed by atoms with Crippen molar-refractivity contribution in [2.24, 2.45) is 0 Å². The van der Waals surface area contributed by atoms with E-state index in [4.69, 9.17) is 0 Å². The molecule has 1 aromatic heterocycles. The van der Waals surface area contributed by atoms with Crippen molar-refractivity contribution in [3.05, 3.63) is 48.3 Å². The van der Waals surface area contributed by atoms with Crippen molar-refractivity contribution in [1.29, 1.82) is 0 Å². The number of pyridine rings is 1. The molecule has 1 rings (SSSR count). The van der Waals surface area contributed by atoms with E-state index in [9.17, 15) is 21.8 Å². The van der Waals surface area contributed by atoms with Crippen molar-refractivity contribution in [2.75, 3.05) is 0 Å². The molecule has 0 saturated carbocycles. The molecule has 0 radical (unpaired) electrons. The Morgan fingerprint density at radius 2 is 2.11 bits per heavy atom. The minimum Gasteiger partial charge on any atom is -0.395 e. The Hall–Kier alpha value is -1.70. The topological polar surface area (TPSA) is 39.2 Å². The van der Waals surface area contributed by atoms with Crippen LogP contribution in [0.25, 0.3) is 5.57 Å². The van der Waals surface area contributed by atoms with E-state index in [0.29, 0.717) is 11.1 Å². The van der Waals surface area contributed by atoms with Crippen molar-refractivity contribution >= 4 is 16.7 Å². The van der Waals surface area contributed by atoms with Gasteiger partial charge < -0.3 is 4.18 Å². The van der Waals surface area contributed by atoms with E-state index < -0.39 is 28.2 Å². The molecule has 19 heavy (non-hydrogen) atoms. The van der Waals surface area contributed by atoms with Crippen molar-refractivity contribution < 1.29 is 26.0 Å². The summed E-state index contributed by atoms with van der Waals surface area (Å²) in [5.41, 5.74) is -4.26. The third kappa shape index (κ3) is 4.82. The average molecular weight is 295 g/mol. The number of aromatic nitrogens is 1. The van der Waals surface area contributed by atoms with Crippen LogP contribution < -0.4 is 0 Å². The summed E-state index contributed by atoms with van der Waals surface area (Å²) in [6.45, 7) is 4.69. The van der Waals surface area contributed by atoms with Crippen LogP contribution in [0.3, 0.4) is 0 Å². The van der Waals surface area contributed by atoms with Gasteiger partial charge in [0.15, 0.2) is 0 Å². The summed E-state index contributed by atoms with van der Waals surface area (Å²) in [7, 11) is 0. The molecule has 104 valence electrons. The first kappa shape index (κ1) is 15.4. The lowest BCUT2D eigenvalue weighted by atomic mass is 10.1. The van der Waals surface area contributed by atoms with Gasteiger partial charge in [-0.25, -0.2) is 8.60 Å². The summed E-state index contributed by atoms with van der Waals surface area (Å²) in [5.74, 6) is -1.03. The largest absolute Gasteiger partial charge is 0.508 e. The molecule has 1 atom stereocenters. The van der Waals surface area contributed by atoms with E-state index in [1.807, 2.05) is 0 Å². The maximum absolute atomic E-state index is 12.9. The van der Waals surface area contributed by atoms with Crippen LogP contribution in [0, 0.1) is 5.82 Å². The van der Waals surface area contributed by atoms with E-state index in [-0.39, 0.29) is 0 Å². The van der Waals surface area contributed by atoms with E-state index >= 15 is 0 Å². The van der Waals surface area contributed by atoms with E-state index in [1.165, 1.54) is 13.1 Å². The summed E-state index contributed by atoms with van der Waals surface area (Å²) in [5, 5.41) is 0. The van der Waals surface area contributed by atoms with Crippen LogP contribution in [-0.4, -0.2) is 14.7 Å². The van der Waals surface area contributed by atoms with Crippen molar-refractivity contribution in [2.45, 2.75) is 12.4 Å². The molecule has 0 N–H and O–H groups in total. The summed E-state index contributed by atoms with van der Waals surface area (Å²) in [6.07, 6.45) is 3.42. The minimum atomic E-state index is -4.98. The Bertz CT molecular complexity index is 540. The highest BCUT2D eigenvalue weighted by atomic mass is 32.2. The fraction of sp³-hybridized carbons (Fsp3) is 0.182. The molecule has 0 bridgehead atoms. The highest BCUT2D eigenvalue weighted by Gasteiger charge is 2.40. The van der Waals surface area contributed by atoms with Gasteiger partial charge in [0.05, 0.1) is 6.20 Å². The first-order valence-electron chi connectivity index (χ1n) is 4.85. The number of nitrogens with zero attached hydrogens (tertiary/aromatic N) is 1. The van der Waals surface area contributed by atoms with Gasteiger partial charge in [-0.2, -0.15) is 13.2 Å².